The van der Waals surface area contributed by atoms with Gasteiger partial charge in [0.05, 0.1) is 12.0 Å². The number of hydrogen-bond acceptors (Lipinski definition) is 3. The molecule has 3 nitrogen and oxygen atoms in total. The predicted octanol–water partition coefficient (Wildman–Crippen LogP) is 3.47. The lowest BCUT2D eigenvalue weighted by Crippen LogP contribution is -2.04. The van der Waals surface area contributed by atoms with Crippen LogP contribution in [0.1, 0.15) is 12.5 Å². The molecule has 5 heteroatoms. The van der Waals surface area contributed by atoms with Gasteiger partial charge in [0.15, 0.2) is 21.4 Å². The molecule has 0 bridgehead atoms. The zero-order valence-corrected chi connectivity index (χ0v) is 13.0. The molecule has 0 fully saturated rings. The second kappa shape index (κ2) is 5.85. The van der Waals surface area contributed by atoms with Gasteiger partial charge in [-0.2, -0.15) is 0 Å². The predicted molar refractivity (Wildman–Crippen MR) is 80.9 cm³/mol. The maximum atomic E-state index is 13.9. The summed E-state index contributed by atoms with van der Waals surface area (Å²) in [5.74, 6) is -0.386. The van der Waals surface area contributed by atoms with Crippen molar-refractivity contribution < 1.29 is 17.5 Å². The van der Waals surface area contributed by atoms with Crippen LogP contribution in [0.15, 0.2) is 41.3 Å². The van der Waals surface area contributed by atoms with Crippen molar-refractivity contribution in [2.45, 2.75) is 18.2 Å². The van der Waals surface area contributed by atoms with Crippen molar-refractivity contribution in [1.82, 2.24) is 0 Å². The number of ether oxygens (including phenoxy) is 1. The van der Waals surface area contributed by atoms with Gasteiger partial charge >= 0.3 is 0 Å². The van der Waals surface area contributed by atoms with E-state index in [1.807, 2.05) is 6.92 Å². The largest absolute Gasteiger partial charge is 0.494 e. The quantitative estimate of drug-likeness (QED) is 0.868. The van der Waals surface area contributed by atoms with E-state index in [2.05, 4.69) is 0 Å². The number of sulfone groups is 1. The molecule has 0 amide bonds. The Hall–Kier alpha value is -1.88. The van der Waals surface area contributed by atoms with Gasteiger partial charge in [0.2, 0.25) is 0 Å². The number of halogens is 1. The maximum Gasteiger partial charge on any atom is 0.176 e. The molecule has 0 atom stereocenters. The highest BCUT2D eigenvalue weighted by molar-refractivity contribution is 7.90. The molecule has 0 heterocycles. The number of aryl methyl sites for hydroxylation is 1. The van der Waals surface area contributed by atoms with Gasteiger partial charge in [-0.1, -0.05) is 31.2 Å². The number of hydrogen-bond donors (Lipinski definition) is 0. The Morgan fingerprint density at radius 2 is 1.90 bits per heavy atom. The molecule has 0 saturated heterocycles. The van der Waals surface area contributed by atoms with Crippen LogP contribution in [0.25, 0.3) is 11.1 Å². The molecular formula is C16H17FO3S. The summed E-state index contributed by atoms with van der Waals surface area (Å²) in [5.41, 5.74) is 1.76. The minimum Gasteiger partial charge on any atom is -0.494 e. The van der Waals surface area contributed by atoms with E-state index in [4.69, 9.17) is 4.74 Å². The van der Waals surface area contributed by atoms with E-state index in [1.54, 1.807) is 24.3 Å². The van der Waals surface area contributed by atoms with Crippen molar-refractivity contribution in [3.63, 3.8) is 0 Å². The normalized spacial score (nSPS) is 11.4. The Morgan fingerprint density at radius 1 is 1.19 bits per heavy atom. The van der Waals surface area contributed by atoms with Crippen LogP contribution in [0.4, 0.5) is 4.39 Å². The molecular weight excluding hydrogens is 291 g/mol. The van der Waals surface area contributed by atoms with E-state index in [0.717, 1.165) is 5.56 Å². The minimum atomic E-state index is -3.41. The average Bonchev–Trinajstić information content (AvgIpc) is 2.45. The van der Waals surface area contributed by atoms with Crippen LogP contribution in [0.2, 0.25) is 0 Å². The number of rotatable bonds is 4. The summed E-state index contributed by atoms with van der Waals surface area (Å²) < 4.78 is 43.0. The van der Waals surface area contributed by atoms with Gasteiger partial charge in [0.25, 0.3) is 0 Å². The summed E-state index contributed by atoms with van der Waals surface area (Å²) in [4.78, 5) is 0.261. The van der Waals surface area contributed by atoms with E-state index >= 15 is 0 Å². The molecule has 2 aromatic carbocycles. The Morgan fingerprint density at radius 3 is 2.43 bits per heavy atom. The van der Waals surface area contributed by atoms with Gasteiger partial charge < -0.3 is 4.74 Å². The molecule has 0 radical (unpaired) electrons. The summed E-state index contributed by atoms with van der Waals surface area (Å²) in [6, 6.07) is 9.70. The molecule has 0 saturated carbocycles. The summed E-state index contributed by atoms with van der Waals surface area (Å²) in [5, 5.41) is 0. The average molecular weight is 308 g/mol. The van der Waals surface area contributed by atoms with E-state index in [1.165, 1.54) is 25.5 Å². The van der Waals surface area contributed by atoms with Gasteiger partial charge in [-0.25, -0.2) is 12.8 Å². The molecule has 0 unspecified atom stereocenters. The topological polar surface area (TPSA) is 43.4 Å². The first kappa shape index (κ1) is 15.5. The van der Waals surface area contributed by atoms with Crippen molar-refractivity contribution in [2.24, 2.45) is 0 Å². The fourth-order valence-corrected chi connectivity index (χ4v) is 3.64. The van der Waals surface area contributed by atoms with Crippen LogP contribution < -0.4 is 4.74 Å². The summed E-state index contributed by atoms with van der Waals surface area (Å²) in [6.45, 7) is 1.89. The van der Waals surface area contributed by atoms with Crippen LogP contribution in [-0.4, -0.2) is 21.8 Å². The fraction of sp³-hybridized carbons (Fsp3) is 0.250. The monoisotopic (exact) mass is 308 g/mol. The third-order valence-corrected chi connectivity index (χ3v) is 4.53. The van der Waals surface area contributed by atoms with Crippen LogP contribution in [-0.2, 0) is 16.3 Å². The highest BCUT2D eigenvalue weighted by Crippen LogP contribution is 2.32. The van der Waals surface area contributed by atoms with Crippen molar-refractivity contribution >= 4 is 9.84 Å². The third-order valence-electron chi connectivity index (χ3n) is 3.31. The van der Waals surface area contributed by atoms with Crippen LogP contribution in [0.3, 0.4) is 0 Å². The summed E-state index contributed by atoms with van der Waals surface area (Å²) in [7, 11) is -2.02. The standard InChI is InChI=1S/C16H17FO3S/c1-4-11-6-5-7-13(16(11)21(3,18)19)12-8-9-15(20-2)14(17)10-12/h5-10H,4H2,1-3H3. The SMILES string of the molecule is CCc1cccc(-c2ccc(OC)c(F)c2)c1S(C)(=O)=O. The third kappa shape index (κ3) is 3.08. The highest BCUT2D eigenvalue weighted by atomic mass is 32.2. The Kier molecular flexibility index (Phi) is 4.32. The fourth-order valence-electron chi connectivity index (χ4n) is 2.36. The lowest BCUT2D eigenvalue weighted by Gasteiger charge is -2.13. The summed E-state index contributed by atoms with van der Waals surface area (Å²) in [6.07, 6.45) is 1.76. The molecule has 0 aliphatic heterocycles. The van der Waals surface area contributed by atoms with Crippen LogP contribution >= 0.6 is 0 Å². The van der Waals surface area contributed by atoms with Gasteiger partial charge in [-0.3, -0.25) is 0 Å². The van der Waals surface area contributed by atoms with E-state index < -0.39 is 15.7 Å². The van der Waals surface area contributed by atoms with Crippen molar-refractivity contribution in [3.05, 3.63) is 47.8 Å². The minimum absolute atomic E-state index is 0.131. The lowest BCUT2D eigenvalue weighted by molar-refractivity contribution is 0.386. The van der Waals surface area contributed by atoms with Crippen molar-refractivity contribution in [2.75, 3.05) is 13.4 Å². The Balaban J connectivity index is 2.72. The van der Waals surface area contributed by atoms with E-state index in [9.17, 15) is 12.8 Å². The van der Waals surface area contributed by atoms with Gasteiger partial charge in [-0.05, 0) is 29.7 Å². The van der Waals surface area contributed by atoms with Crippen molar-refractivity contribution in [1.29, 1.82) is 0 Å². The second-order valence-corrected chi connectivity index (χ2v) is 6.72. The highest BCUT2D eigenvalue weighted by Gasteiger charge is 2.19. The zero-order valence-electron chi connectivity index (χ0n) is 12.2. The molecule has 0 aliphatic rings. The van der Waals surface area contributed by atoms with Gasteiger partial charge in [-0.15, -0.1) is 0 Å². The van der Waals surface area contributed by atoms with E-state index in [0.29, 0.717) is 17.5 Å². The van der Waals surface area contributed by atoms with Gasteiger partial charge in [0.1, 0.15) is 0 Å². The maximum absolute atomic E-state index is 13.9. The molecule has 112 valence electrons. The summed E-state index contributed by atoms with van der Waals surface area (Å²) >= 11 is 0. The zero-order chi connectivity index (χ0) is 15.6. The molecule has 21 heavy (non-hydrogen) atoms. The Bertz CT molecular complexity index is 767. The smallest absolute Gasteiger partial charge is 0.176 e. The van der Waals surface area contributed by atoms with Gasteiger partial charge in [0, 0.05) is 11.8 Å². The van der Waals surface area contributed by atoms with E-state index in [-0.39, 0.29) is 10.6 Å². The molecule has 2 rings (SSSR count). The number of methoxy groups -OCH3 is 1. The molecule has 0 spiro atoms. The molecule has 0 aromatic heterocycles. The molecule has 0 N–H and O–H groups in total. The van der Waals surface area contributed by atoms with Crippen LogP contribution in [0.5, 0.6) is 5.75 Å². The molecule has 2 aromatic rings. The number of benzene rings is 2. The Labute approximate surface area is 124 Å². The van der Waals surface area contributed by atoms with Crippen molar-refractivity contribution in [3.8, 4) is 16.9 Å². The first-order valence-corrected chi connectivity index (χ1v) is 8.43. The lowest BCUT2D eigenvalue weighted by atomic mass is 10.0. The first-order chi connectivity index (χ1) is 9.88. The second-order valence-electron chi connectivity index (χ2n) is 4.77. The van der Waals surface area contributed by atoms with Crippen LogP contribution in [0, 0.1) is 5.82 Å². The molecule has 0 aliphatic carbocycles. The first-order valence-electron chi connectivity index (χ1n) is 6.54.